The first-order valence-electron chi connectivity index (χ1n) is 9.61. The van der Waals surface area contributed by atoms with Gasteiger partial charge in [0.1, 0.15) is 21.5 Å². The molecule has 0 unspecified atom stereocenters. The Bertz CT molecular complexity index is 1090. The van der Waals surface area contributed by atoms with Gasteiger partial charge >= 0.3 is 0 Å². The Morgan fingerprint density at radius 2 is 1.90 bits per heavy atom. The van der Waals surface area contributed by atoms with Crippen LogP contribution in [0.2, 0.25) is 0 Å². The van der Waals surface area contributed by atoms with Crippen LogP contribution in [0.15, 0.2) is 42.6 Å². The number of likely N-dealkylation sites (tertiary alicyclic amines) is 1. The summed E-state index contributed by atoms with van der Waals surface area (Å²) in [5.74, 6) is -2.34. The molecule has 4 rings (SSSR count). The minimum absolute atomic E-state index is 0.130. The summed E-state index contributed by atoms with van der Waals surface area (Å²) in [7, 11) is 0. The first-order chi connectivity index (χ1) is 14.4. The van der Waals surface area contributed by atoms with Crippen LogP contribution in [0.3, 0.4) is 0 Å². The van der Waals surface area contributed by atoms with E-state index in [1.807, 2.05) is 18.2 Å². The molecular weight excluding hydrogens is 408 g/mol. The second kappa shape index (κ2) is 8.39. The quantitative estimate of drug-likeness (QED) is 0.574. The molecule has 5 nitrogen and oxygen atoms in total. The summed E-state index contributed by atoms with van der Waals surface area (Å²) in [5, 5.41) is 0.683. The zero-order valence-electron chi connectivity index (χ0n) is 16.3. The Balaban J connectivity index is 1.44. The lowest BCUT2D eigenvalue weighted by molar-refractivity contribution is 0.0652. The molecule has 1 aromatic carbocycles. The third-order valence-electron chi connectivity index (χ3n) is 5.22. The number of hydrogen-bond donors (Lipinski definition) is 0. The number of hydrogen-bond acceptors (Lipinski definition) is 5. The number of Topliss-reactive ketones (excluding diaryl/α,β-unsaturated/α-hetero) is 1. The number of carbonyl (C=O) groups excluding carboxylic acids is 2. The third-order valence-corrected chi connectivity index (χ3v) is 6.39. The molecule has 0 saturated carbocycles. The zero-order chi connectivity index (χ0) is 21.3. The van der Waals surface area contributed by atoms with Crippen molar-refractivity contribution in [1.82, 2.24) is 14.9 Å². The molecule has 2 aromatic heterocycles. The van der Waals surface area contributed by atoms with E-state index in [0.717, 1.165) is 18.2 Å². The number of amides is 1. The number of pyridine rings is 1. The Morgan fingerprint density at radius 3 is 2.60 bits per heavy atom. The molecule has 8 heteroatoms. The van der Waals surface area contributed by atoms with Crippen LogP contribution in [0.25, 0.3) is 10.7 Å². The lowest BCUT2D eigenvalue weighted by atomic mass is 9.88. The van der Waals surface area contributed by atoms with Crippen LogP contribution in [-0.4, -0.2) is 39.6 Å². The van der Waals surface area contributed by atoms with Crippen LogP contribution >= 0.6 is 11.3 Å². The van der Waals surface area contributed by atoms with Crippen molar-refractivity contribution in [3.8, 4) is 10.7 Å². The highest BCUT2D eigenvalue weighted by Gasteiger charge is 2.31. The van der Waals surface area contributed by atoms with Crippen molar-refractivity contribution in [3.63, 3.8) is 0 Å². The molecule has 0 atom stereocenters. The van der Waals surface area contributed by atoms with Gasteiger partial charge in [0.05, 0.1) is 17.0 Å². The number of piperidine rings is 1. The molecule has 0 aliphatic carbocycles. The molecule has 3 aromatic rings. The third kappa shape index (κ3) is 4.00. The minimum atomic E-state index is -0.720. The first-order valence-corrected chi connectivity index (χ1v) is 10.4. The number of ketones is 1. The van der Waals surface area contributed by atoms with Gasteiger partial charge in [0, 0.05) is 25.2 Å². The van der Waals surface area contributed by atoms with Gasteiger partial charge in [0.25, 0.3) is 5.91 Å². The zero-order valence-corrected chi connectivity index (χ0v) is 17.1. The standard InChI is InChI=1S/C22H19F2N3O2S/c1-13-20(30-21(26-13)18-4-2-3-9-25-18)22(29)27-10-7-14(8-11-27)19(28)16-12-15(23)5-6-17(16)24/h2-6,9,12,14H,7-8,10-11H2,1H3. The van der Waals surface area contributed by atoms with E-state index in [-0.39, 0.29) is 11.5 Å². The summed E-state index contributed by atoms with van der Waals surface area (Å²) in [6, 6.07) is 8.42. The molecule has 1 amide bonds. The molecule has 1 fully saturated rings. The fraction of sp³-hybridized carbons (Fsp3) is 0.273. The topological polar surface area (TPSA) is 63.2 Å². The maximum atomic E-state index is 13.9. The van der Waals surface area contributed by atoms with Crippen LogP contribution in [0, 0.1) is 24.5 Å². The number of carbonyl (C=O) groups is 2. The van der Waals surface area contributed by atoms with Crippen molar-refractivity contribution in [2.24, 2.45) is 5.92 Å². The van der Waals surface area contributed by atoms with Crippen molar-refractivity contribution in [2.75, 3.05) is 13.1 Å². The normalized spacial score (nSPS) is 14.7. The van der Waals surface area contributed by atoms with Crippen LogP contribution in [0.4, 0.5) is 8.78 Å². The van der Waals surface area contributed by atoms with Crippen LogP contribution in [-0.2, 0) is 0 Å². The summed E-state index contributed by atoms with van der Waals surface area (Å²) >= 11 is 1.30. The number of thiazole rings is 1. The predicted molar refractivity (Wildman–Crippen MR) is 109 cm³/mol. The van der Waals surface area contributed by atoms with Gasteiger partial charge in [0.15, 0.2) is 5.78 Å². The van der Waals surface area contributed by atoms with E-state index in [4.69, 9.17) is 0 Å². The van der Waals surface area contributed by atoms with E-state index in [0.29, 0.717) is 47.2 Å². The number of halogens is 2. The van der Waals surface area contributed by atoms with Gasteiger partial charge in [0.2, 0.25) is 0 Å². The van der Waals surface area contributed by atoms with E-state index in [1.165, 1.54) is 11.3 Å². The number of benzene rings is 1. The average molecular weight is 427 g/mol. The van der Waals surface area contributed by atoms with Crippen LogP contribution in [0.5, 0.6) is 0 Å². The van der Waals surface area contributed by atoms with Crippen molar-refractivity contribution in [3.05, 3.63) is 70.4 Å². The highest BCUT2D eigenvalue weighted by Crippen LogP contribution is 2.30. The van der Waals surface area contributed by atoms with E-state index >= 15 is 0 Å². The first kappa shape index (κ1) is 20.3. The predicted octanol–water partition coefficient (Wildman–Crippen LogP) is 4.53. The molecule has 30 heavy (non-hydrogen) atoms. The van der Waals surface area contributed by atoms with Crippen molar-refractivity contribution in [2.45, 2.75) is 19.8 Å². The Labute approximate surface area is 176 Å². The van der Waals surface area contributed by atoms with E-state index in [2.05, 4.69) is 9.97 Å². The summed E-state index contributed by atoms with van der Waals surface area (Å²) < 4.78 is 27.3. The van der Waals surface area contributed by atoms with Gasteiger partial charge in [-0.3, -0.25) is 14.6 Å². The number of aryl methyl sites for hydroxylation is 1. The van der Waals surface area contributed by atoms with Gasteiger partial charge < -0.3 is 4.90 Å². The summed E-state index contributed by atoms with van der Waals surface area (Å²) in [4.78, 5) is 36.6. The highest BCUT2D eigenvalue weighted by atomic mass is 32.1. The Hall–Kier alpha value is -3.00. The van der Waals surface area contributed by atoms with Gasteiger partial charge in [-0.2, -0.15) is 0 Å². The number of nitrogens with zero attached hydrogens (tertiary/aromatic N) is 3. The lowest BCUT2D eigenvalue weighted by Crippen LogP contribution is -2.40. The minimum Gasteiger partial charge on any atom is -0.338 e. The Morgan fingerprint density at radius 1 is 1.13 bits per heavy atom. The smallest absolute Gasteiger partial charge is 0.265 e. The molecule has 1 saturated heterocycles. The monoisotopic (exact) mass is 427 g/mol. The van der Waals surface area contributed by atoms with Crippen molar-refractivity contribution >= 4 is 23.0 Å². The maximum absolute atomic E-state index is 13.9. The SMILES string of the molecule is Cc1nc(-c2ccccn2)sc1C(=O)N1CCC(C(=O)c2cc(F)ccc2F)CC1. The van der Waals surface area contributed by atoms with E-state index in [1.54, 1.807) is 18.0 Å². The lowest BCUT2D eigenvalue weighted by Gasteiger charge is -2.31. The average Bonchev–Trinajstić information content (AvgIpc) is 3.17. The fourth-order valence-electron chi connectivity index (χ4n) is 3.59. The summed E-state index contributed by atoms with van der Waals surface area (Å²) in [6.07, 6.45) is 2.49. The van der Waals surface area contributed by atoms with E-state index in [9.17, 15) is 18.4 Å². The summed E-state index contributed by atoms with van der Waals surface area (Å²) in [5.41, 5.74) is 1.13. The molecule has 0 radical (unpaired) electrons. The van der Waals surface area contributed by atoms with Crippen LogP contribution in [0.1, 0.15) is 38.6 Å². The summed E-state index contributed by atoms with van der Waals surface area (Å²) in [6.45, 7) is 2.55. The van der Waals surface area contributed by atoms with Gasteiger partial charge in [-0.1, -0.05) is 6.07 Å². The Kier molecular flexibility index (Phi) is 5.67. The molecule has 154 valence electrons. The van der Waals surface area contributed by atoms with Crippen LogP contribution < -0.4 is 0 Å². The molecule has 1 aliphatic heterocycles. The molecular formula is C22H19F2N3O2S. The molecule has 0 N–H and O–H groups in total. The second-order valence-electron chi connectivity index (χ2n) is 7.20. The number of aromatic nitrogens is 2. The van der Waals surface area contributed by atoms with Gasteiger partial charge in [-0.05, 0) is 50.1 Å². The van der Waals surface area contributed by atoms with E-state index < -0.39 is 23.3 Å². The number of rotatable bonds is 4. The van der Waals surface area contributed by atoms with Crippen molar-refractivity contribution < 1.29 is 18.4 Å². The molecule has 0 bridgehead atoms. The second-order valence-corrected chi connectivity index (χ2v) is 8.20. The maximum Gasteiger partial charge on any atom is 0.265 e. The largest absolute Gasteiger partial charge is 0.338 e. The van der Waals surface area contributed by atoms with Crippen molar-refractivity contribution in [1.29, 1.82) is 0 Å². The highest BCUT2D eigenvalue weighted by molar-refractivity contribution is 7.17. The van der Waals surface area contributed by atoms with Gasteiger partial charge in [-0.15, -0.1) is 11.3 Å². The molecule has 0 spiro atoms. The molecule has 1 aliphatic rings. The fourth-order valence-corrected chi connectivity index (χ4v) is 4.60. The van der Waals surface area contributed by atoms with Gasteiger partial charge in [-0.25, -0.2) is 13.8 Å². The molecule has 3 heterocycles.